The molecule has 0 bridgehead atoms. The van der Waals surface area contributed by atoms with E-state index in [2.05, 4.69) is 5.32 Å². The molecule has 3 heteroatoms. The van der Waals surface area contributed by atoms with Gasteiger partial charge in [-0.05, 0) is 25.7 Å². The molecular weight excluding hydrogens is 190 g/mol. The summed E-state index contributed by atoms with van der Waals surface area (Å²) in [5.41, 5.74) is -0.645. The minimum atomic E-state index is -0.645. The molecule has 0 aromatic carbocycles. The van der Waals surface area contributed by atoms with Crippen molar-refractivity contribution in [3.8, 4) is 0 Å². The van der Waals surface area contributed by atoms with Gasteiger partial charge in [0.2, 0.25) is 0 Å². The average molecular weight is 213 g/mol. The molecule has 2 N–H and O–H groups in total. The van der Waals surface area contributed by atoms with Crippen LogP contribution in [0.4, 0.5) is 0 Å². The third-order valence-electron chi connectivity index (χ3n) is 4.01. The molecule has 1 heterocycles. The minimum Gasteiger partial charge on any atom is -0.387 e. The summed E-state index contributed by atoms with van der Waals surface area (Å²) in [7, 11) is 0. The Kier molecular flexibility index (Phi) is 3.65. The second-order valence-corrected chi connectivity index (χ2v) is 5.12. The van der Waals surface area contributed by atoms with Gasteiger partial charge in [-0.3, -0.25) is 0 Å². The summed E-state index contributed by atoms with van der Waals surface area (Å²) >= 11 is 0. The van der Waals surface area contributed by atoms with Crippen LogP contribution >= 0.6 is 0 Å². The molecule has 15 heavy (non-hydrogen) atoms. The Morgan fingerprint density at radius 3 is 2.60 bits per heavy atom. The van der Waals surface area contributed by atoms with Crippen LogP contribution in [0.5, 0.6) is 0 Å². The first kappa shape index (κ1) is 11.4. The van der Waals surface area contributed by atoms with Crippen molar-refractivity contribution >= 4 is 0 Å². The Bertz CT molecular complexity index is 174. The van der Waals surface area contributed by atoms with Gasteiger partial charge in [-0.2, -0.15) is 0 Å². The lowest BCUT2D eigenvalue weighted by atomic mass is 9.75. The zero-order chi connectivity index (χ0) is 10.7. The van der Waals surface area contributed by atoms with Crippen LogP contribution in [0.25, 0.3) is 0 Å². The first-order valence-electron chi connectivity index (χ1n) is 6.26. The number of aliphatic hydroxyl groups is 1. The summed E-state index contributed by atoms with van der Waals surface area (Å²) in [4.78, 5) is 0. The Balaban J connectivity index is 1.96. The van der Waals surface area contributed by atoms with Gasteiger partial charge in [-0.15, -0.1) is 0 Å². The highest BCUT2D eigenvalue weighted by Gasteiger charge is 2.41. The third-order valence-corrected chi connectivity index (χ3v) is 4.01. The van der Waals surface area contributed by atoms with E-state index >= 15 is 0 Å². The summed E-state index contributed by atoms with van der Waals surface area (Å²) in [6.45, 7) is 4.40. The molecule has 88 valence electrons. The lowest BCUT2D eigenvalue weighted by molar-refractivity contribution is -0.143. The van der Waals surface area contributed by atoms with E-state index in [1.54, 1.807) is 0 Å². The average Bonchev–Trinajstić information content (AvgIpc) is 2.31. The summed E-state index contributed by atoms with van der Waals surface area (Å²) in [5, 5.41) is 13.9. The highest BCUT2D eigenvalue weighted by atomic mass is 16.5. The standard InChI is InChI=1S/C12H23NO2/c1-12(14,10-5-3-2-4-6-10)11-9-13-7-8-15-11/h10-11,13-14H,2-9H2,1H3/t11-,12-/m0/s1. The predicted molar refractivity (Wildman–Crippen MR) is 59.8 cm³/mol. The normalized spacial score (nSPS) is 33.6. The van der Waals surface area contributed by atoms with Gasteiger partial charge >= 0.3 is 0 Å². The van der Waals surface area contributed by atoms with Crippen LogP contribution < -0.4 is 5.32 Å². The topological polar surface area (TPSA) is 41.5 Å². The van der Waals surface area contributed by atoms with Crippen LogP contribution in [0.15, 0.2) is 0 Å². The van der Waals surface area contributed by atoms with E-state index in [1.165, 1.54) is 19.3 Å². The molecule has 2 aliphatic rings. The smallest absolute Gasteiger partial charge is 0.0986 e. The van der Waals surface area contributed by atoms with Crippen molar-refractivity contribution < 1.29 is 9.84 Å². The van der Waals surface area contributed by atoms with Gasteiger partial charge in [0.1, 0.15) is 0 Å². The molecule has 0 unspecified atom stereocenters. The molecule has 2 rings (SSSR count). The Hall–Kier alpha value is -0.120. The quantitative estimate of drug-likeness (QED) is 0.726. The van der Waals surface area contributed by atoms with Gasteiger partial charge in [0.25, 0.3) is 0 Å². The van der Waals surface area contributed by atoms with Crippen molar-refractivity contribution in [1.29, 1.82) is 0 Å². The molecular formula is C12H23NO2. The number of hydrogen-bond donors (Lipinski definition) is 2. The molecule has 0 radical (unpaired) electrons. The zero-order valence-corrected chi connectivity index (χ0v) is 9.67. The van der Waals surface area contributed by atoms with Crippen molar-refractivity contribution in [3.63, 3.8) is 0 Å². The molecule has 1 saturated heterocycles. The highest BCUT2D eigenvalue weighted by molar-refractivity contribution is 4.93. The molecule has 0 aromatic heterocycles. The number of ether oxygens (including phenoxy) is 1. The van der Waals surface area contributed by atoms with E-state index in [9.17, 15) is 5.11 Å². The molecule has 2 atom stereocenters. The summed E-state index contributed by atoms with van der Waals surface area (Å²) in [6.07, 6.45) is 6.16. The van der Waals surface area contributed by atoms with E-state index in [4.69, 9.17) is 4.74 Å². The maximum atomic E-state index is 10.6. The number of nitrogens with one attached hydrogen (secondary N) is 1. The second-order valence-electron chi connectivity index (χ2n) is 5.12. The monoisotopic (exact) mass is 213 g/mol. The number of hydrogen-bond acceptors (Lipinski definition) is 3. The SMILES string of the molecule is C[C@](O)(C1CCCCC1)[C@@H]1CNCCO1. The fourth-order valence-electron chi connectivity index (χ4n) is 2.89. The fraction of sp³-hybridized carbons (Fsp3) is 1.00. The molecule has 0 spiro atoms. The van der Waals surface area contributed by atoms with Crippen molar-refractivity contribution in [2.45, 2.75) is 50.7 Å². The molecule has 2 fully saturated rings. The Morgan fingerprint density at radius 1 is 1.27 bits per heavy atom. The molecule has 1 aliphatic carbocycles. The van der Waals surface area contributed by atoms with Gasteiger partial charge in [0.05, 0.1) is 18.3 Å². The second kappa shape index (κ2) is 4.81. The summed E-state index contributed by atoms with van der Waals surface area (Å²) in [5.74, 6) is 0.427. The van der Waals surface area contributed by atoms with Crippen molar-refractivity contribution in [2.24, 2.45) is 5.92 Å². The van der Waals surface area contributed by atoms with Crippen molar-refractivity contribution in [3.05, 3.63) is 0 Å². The van der Waals surface area contributed by atoms with E-state index in [-0.39, 0.29) is 6.10 Å². The van der Waals surface area contributed by atoms with Crippen LogP contribution in [0.1, 0.15) is 39.0 Å². The maximum Gasteiger partial charge on any atom is 0.0986 e. The van der Waals surface area contributed by atoms with Gasteiger partial charge in [-0.1, -0.05) is 19.3 Å². The van der Waals surface area contributed by atoms with E-state index in [0.717, 1.165) is 32.5 Å². The Morgan fingerprint density at radius 2 is 2.00 bits per heavy atom. The fourth-order valence-corrected chi connectivity index (χ4v) is 2.89. The van der Waals surface area contributed by atoms with E-state index in [1.807, 2.05) is 6.92 Å². The highest BCUT2D eigenvalue weighted by Crippen LogP contribution is 2.35. The van der Waals surface area contributed by atoms with Gasteiger partial charge < -0.3 is 15.2 Å². The lowest BCUT2D eigenvalue weighted by Crippen LogP contribution is -2.55. The number of rotatable bonds is 2. The molecule has 0 aromatic rings. The van der Waals surface area contributed by atoms with Crippen molar-refractivity contribution in [1.82, 2.24) is 5.32 Å². The van der Waals surface area contributed by atoms with Gasteiger partial charge in [0.15, 0.2) is 0 Å². The first-order valence-corrected chi connectivity index (χ1v) is 6.26. The molecule has 0 amide bonds. The molecule has 3 nitrogen and oxygen atoms in total. The summed E-state index contributed by atoms with van der Waals surface area (Å²) in [6, 6.07) is 0. The lowest BCUT2D eigenvalue weighted by Gasteiger charge is -2.42. The van der Waals surface area contributed by atoms with Crippen LogP contribution in [-0.2, 0) is 4.74 Å². The Labute approximate surface area is 92.2 Å². The van der Waals surface area contributed by atoms with Crippen molar-refractivity contribution in [2.75, 3.05) is 19.7 Å². The summed E-state index contributed by atoms with van der Waals surface area (Å²) < 4.78 is 5.68. The largest absolute Gasteiger partial charge is 0.387 e. The minimum absolute atomic E-state index is 0.0191. The third kappa shape index (κ3) is 2.52. The van der Waals surface area contributed by atoms with Crippen LogP contribution in [0, 0.1) is 5.92 Å². The number of morpholine rings is 1. The maximum absolute atomic E-state index is 10.6. The molecule has 1 saturated carbocycles. The zero-order valence-electron chi connectivity index (χ0n) is 9.67. The first-order chi connectivity index (χ1) is 7.21. The van der Waals surface area contributed by atoms with Crippen LogP contribution in [-0.4, -0.2) is 36.5 Å². The van der Waals surface area contributed by atoms with Crippen LogP contribution in [0.3, 0.4) is 0 Å². The van der Waals surface area contributed by atoms with E-state index in [0.29, 0.717) is 5.92 Å². The predicted octanol–water partition coefficient (Wildman–Crippen LogP) is 1.31. The van der Waals surface area contributed by atoms with E-state index < -0.39 is 5.60 Å². The van der Waals surface area contributed by atoms with Gasteiger partial charge in [0, 0.05) is 13.1 Å². The van der Waals surface area contributed by atoms with Crippen LogP contribution in [0.2, 0.25) is 0 Å². The van der Waals surface area contributed by atoms with Gasteiger partial charge in [-0.25, -0.2) is 0 Å². The molecule has 1 aliphatic heterocycles.